The fourth-order valence-electron chi connectivity index (χ4n) is 3.58. The minimum Gasteiger partial charge on any atom is -0.135 e. The Balaban J connectivity index is 1.67. The van der Waals surface area contributed by atoms with Gasteiger partial charge in [-0.15, -0.1) is 11.3 Å². The second-order valence-corrected chi connectivity index (χ2v) is 7.84. The summed E-state index contributed by atoms with van der Waals surface area (Å²) in [5.41, 5.74) is 6.37. The largest absolute Gasteiger partial charge is 0.135 e. The first-order valence-electron chi connectivity index (χ1n) is 8.87. The van der Waals surface area contributed by atoms with Gasteiger partial charge in [-0.1, -0.05) is 66.2 Å². The van der Waals surface area contributed by atoms with Crippen molar-refractivity contribution in [3.8, 4) is 22.3 Å². The van der Waals surface area contributed by atoms with Gasteiger partial charge in [-0.25, -0.2) is 0 Å². The Labute approximate surface area is 157 Å². The third-order valence-electron chi connectivity index (χ3n) is 4.93. The lowest BCUT2D eigenvalue weighted by atomic mass is 9.98. The van der Waals surface area contributed by atoms with Crippen LogP contribution in [-0.2, 0) is 0 Å². The van der Waals surface area contributed by atoms with Crippen molar-refractivity contribution in [1.29, 1.82) is 0 Å². The van der Waals surface area contributed by atoms with Gasteiger partial charge in [-0.2, -0.15) is 0 Å². The predicted molar refractivity (Wildman–Crippen MR) is 115 cm³/mol. The van der Waals surface area contributed by atoms with Gasteiger partial charge in [0.05, 0.1) is 0 Å². The molecule has 1 heterocycles. The molecule has 5 rings (SSSR count). The fourth-order valence-corrected chi connectivity index (χ4v) is 4.65. The number of hydrogen-bond acceptors (Lipinski definition) is 1. The highest BCUT2D eigenvalue weighted by Crippen LogP contribution is 2.37. The van der Waals surface area contributed by atoms with Crippen LogP contribution in [0.3, 0.4) is 0 Å². The Morgan fingerprint density at radius 3 is 1.92 bits per heavy atom. The zero-order chi connectivity index (χ0) is 17.5. The van der Waals surface area contributed by atoms with E-state index < -0.39 is 0 Å². The van der Waals surface area contributed by atoms with Crippen molar-refractivity contribution >= 4 is 31.5 Å². The molecule has 124 valence electrons. The average molecular weight is 350 g/mol. The minimum absolute atomic E-state index is 1.26. The van der Waals surface area contributed by atoms with Gasteiger partial charge in [0.1, 0.15) is 0 Å². The molecule has 0 atom stereocenters. The molecule has 0 spiro atoms. The number of aryl methyl sites for hydroxylation is 1. The van der Waals surface area contributed by atoms with E-state index in [2.05, 4.69) is 97.9 Å². The first kappa shape index (κ1) is 15.4. The van der Waals surface area contributed by atoms with Crippen molar-refractivity contribution in [1.82, 2.24) is 0 Å². The van der Waals surface area contributed by atoms with E-state index in [0.29, 0.717) is 0 Å². The maximum absolute atomic E-state index is 2.34. The second-order valence-electron chi connectivity index (χ2n) is 6.76. The van der Waals surface area contributed by atoms with Crippen LogP contribution in [0.2, 0.25) is 0 Å². The summed E-state index contributed by atoms with van der Waals surface area (Å²) in [6.07, 6.45) is 0. The Morgan fingerprint density at radius 2 is 1.12 bits per heavy atom. The summed E-state index contributed by atoms with van der Waals surface area (Å²) in [5.74, 6) is 0. The van der Waals surface area contributed by atoms with E-state index in [-0.39, 0.29) is 0 Å². The molecule has 0 radical (unpaired) electrons. The van der Waals surface area contributed by atoms with Crippen molar-refractivity contribution in [2.75, 3.05) is 0 Å². The molecule has 5 aromatic rings. The second kappa shape index (κ2) is 6.12. The van der Waals surface area contributed by atoms with Crippen molar-refractivity contribution in [2.45, 2.75) is 6.92 Å². The number of benzene rings is 4. The van der Waals surface area contributed by atoms with Crippen LogP contribution in [0, 0.1) is 6.92 Å². The van der Waals surface area contributed by atoms with E-state index in [1.165, 1.54) is 48.0 Å². The standard InChI is InChI=1S/C25H18S/c1-17-10-12-24-22(14-17)23-16-21(11-13-25(23)26-24)20-9-5-8-19(15-20)18-6-3-2-4-7-18/h2-16H,1H3. The molecule has 0 aliphatic heterocycles. The molecule has 0 N–H and O–H groups in total. The van der Waals surface area contributed by atoms with Crippen LogP contribution in [0.1, 0.15) is 5.56 Å². The van der Waals surface area contributed by atoms with E-state index in [4.69, 9.17) is 0 Å². The fraction of sp³-hybridized carbons (Fsp3) is 0.0400. The van der Waals surface area contributed by atoms with E-state index >= 15 is 0 Å². The molecule has 1 aromatic heterocycles. The summed E-state index contributed by atoms with van der Waals surface area (Å²) in [7, 11) is 0. The van der Waals surface area contributed by atoms with Gasteiger partial charge in [-0.3, -0.25) is 0 Å². The molecule has 0 aliphatic carbocycles. The summed E-state index contributed by atoms with van der Waals surface area (Å²) < 4.78 is 2.72. The monoisotopic (exact) mass is 350 g/mol. The van der Waals surface area contributed by atoms with E-state index in [9.17, 15) is 0 Å². The molecule has 0 fully saturated rings. The van der Waals surface area contributed by atoms with Crippen LogP contribution in [-0.4, -0.2) is 0 Å². The quantitative estimate of drug-likeness (QED) is 0.306. The van der Waals surface area contributed by atoms with Gasteiger partial charge in [0, 0.05) is 20.2 Å². The lowest BCUT2D eigenvalue weighted by Crippen LogP contribution is -1.81. The summed E-state index contributed by atoms with van der Waals surface area (Å²) in [6, 6.07) is 33.0. The van der Waals surface area contributed by atoms with Gasteiger partial charge < -0.3 is 0 Å². The van der Waals surface area contributed by atoms with Crippen LogP contribution in [0.4, 0.5) is 0 Å². The lowest BCUT2D eigenvalue weighted by molar-refractivity contribution is 1.52. The molecule has 4 aromatic carbocycles. The number of rotatable bonds is 2. The average Bonchev–Trinajstić information content (AvgIpc) is 3.06. The molecule has 0 saturated heterocycles. The maximum atomic E-state index is 2.34. The van der Waals surface area contributed by atoms with Crippen LogP contribution in [0.15, 0.2) is 91.0 Å². The van der Waals surface area contributed by atoms with Crippen molar-refractivity contribution in [3.05, 3.63) is 96.6 Å². The molecular formula is C25H18S. The molecular weight excluding hydrogens is 332 g/mol. The highest BCUT2D eigenvalue weighted by atomic mass is 32.1. The normalized spacial score (nSPS) is 11.3. The molecule has 26 heavy (non-hydrogen) atoms. The van der Waals surface area contributed by atoms with Crippen LogP contribution in [0.5, 0.6) is 0 Å². The van der Waals surface area contributed by atoms with Crippen molar-refractivity contribution < 1.29 is 0 Å². The highest BCUT2D eigenvalue weighted by Gasteiger charge is 2.08. The summed E-state index contributed by atoms with van der Waals surface area (Å²) in [4.78, 5) is 0. The minimum atomic E-state index is 1.26. The molecule has 1 heteroatoms. The van der Waals surface area contributed by atoms with Crippen LogP contribution < -0.4 is 0 Å². The number of thiophene rings is 1. The van der Waals surface area contributed by atoms with Gasteiger partial charge in [0.2, 0.25) is 0 Å². The van der Waals surface area contributed by atoms with E-state index in [0.717, 1.165) is 0 Å². The molecule has 0 bridgehead atoms. The smallest absolute Gasteiger partial charge is 0.0355 e. The van der Waals surface area contributed by atoms with Gasteiger partial charge in [-0.05, 0) is 59.5 Å². The predicted octanol–water partition coefficient (Wildman–Crippen LogP) is 7.70. The van der Waals surface area contributed by atoms with Gasteiger partial charge >= 0.3 is 0 Å². The third-order valence-corrected chi connectivity index (χ3v) is 6.08. The molecule has 0 unspecified atom stereocenters. The van der Waals surface area contributed by atoms with Crippen molar-refractivity contribution in [2.24, 2.45) is 0 Å². The molecule has 0 saturated carbocycles. The SMILES string of the molecule is Cc1ccc2sc3ccc(-c4cccc(-c5ccccc5)c4)cc3c2c1. The van der Waals surface area contributed by atoms with Crippen LogP contribution >= 0.6 is 11.3 Å². The zero-order valence-corrected chi connectivity index (χ0v) is 15.4. The van der Waals surface area contributed by atoms with E-state index in [1.807, 2.05) is 11.3 Å². The van der Waals surface area contributed by atoms with Crippen molar-refractivity contribution in [3.63, 3.8) is 0 Å². The first-order valence-corrected chi connectivity index (χ1v) is 9.68. The van der Waals surface area contributed by atoms with Gasteiger partial charge in [0.15, 0.2) is 0 Å². The van der Waals surface area contributed by atoms with Gasteiger partial charge in [0.25, 0.3) is 0 Å². The first-order chi connectivity index (χ1) is 12.8. The Kier molecular flexibility index (Phi) is 3.62. The number of hydrogen-bond donors (Lipinski definition) is 0. The van der Waals surface area contributed by atoms with E-state index in [1.54, 1.807) is 0 Å². The topological polar surface area (TPSA) is 0 Å². The lowest BCUT2D eigenvalue weighted by Gasteiger charge is -2.07. The highest BCUT2D eigenvalue weighted by molar-refractivity contribution is 7.25. The zero-order valence-electron chi connectivity index (χ0n) is 14.6. The molecule has 0 nitrogen and oxygen atoms in total. The Hall–Kier alpha value is -2.90. The third kappa shape index (κ3) is 2.61. The Morgan fingerprint density at radius 1 is 0.500 bits per heavy atom. The summed E-state index contributed by atoms with van der Waals surface area (Å²) in [5, 5.41) is 2.72. The van der Waals surface area contributed by atoms with Crippen LogP contribution in [0.25, 0.3) is 42.4 Å². The number of fused-ring (bicyclic) bond motifs is 3. The summed E-state index contributed by atoms with van der Waals surface area (Å²) in [6.45, 7) is 2.16. The summed E-state index contributed by atoms with van der Waals surface area (Å²) >= 11 is 1.87. The maximum Gasteiger partial charge on any atom is 0.0355 e. The Bertz CT molecular complexity index is 1230. The molecule has 0 amide bonds. The molecule has 0 aliphatic rings.